The van der Waals surface area contributed by atoms with Gasteiger partial charge < -0.3 is 24.4 Å². The van der Waals surface area contributed by atoms with E-state index in [4.69, 9.17) is 4.74 Å². The number of anilines is 2. The Morgan fingerprint density at radius 1 is 1.02 bits per heavy atom. The average molecular weight is 680 g/mol. The second kappa shape index (κ2) is 13.3. The van der Waals surface area contributed by atoms with Crippen molar-refractivity contribution in [1.82, 2.24) is 15.0 Å². The summed E-state index contributed by atoms with van der Waals surface area (Å²) in [6.07, 6.45) is 4.27. The van der Waals surface area contributed by atoms with Crippen molar-refractivity contribution >= 4 is 31.5 Å². The molecule has 4 aromatic rings. The molecular formula is C38H45N5O5Si. The highest BCUT2D eigenvalue weighted by molar-refractivity contribution is 6.71. The number of aliphatic hydroxyl groups is 1. The van der Waals surface area contributed by atoms with Crippen molar-refractivity contribution in [3.8, 4) is 0 Å². The minimum Gasteiger partial charge on any atom is -0.432 e. The maximum Gasteiger partial charge on any atom is 0.264 e. The van der Waals surface area contributed by atoms with Crippen LogP contribution in [0.1, 0.15) is 60.9 Å². The van der Waals surface area contributed by atoms with Gasteiger partial charge in [-0.15, -0.1) is 5.10 Å². The highest BCUT2D eigenvalue weighted by atomic mass is 28.4. The van der Waals surface area contributed by atoms with Crippen LogP contribution in [0.4, 0.5) is 11.4 Å². The topological polar surface area (TPSA) is 121 Å². The lowest BCUT2D eigenvalue weighted by Gasteiger charge is -2.33. The van der Waals surface area contributed by atoms with Crippen molar-refractivity contribution in [3.05, 3.63) is 107 Å². The molecule has 2 amide bonds. The Balaban J connectivity index is 1.23. The molecule has 3 aromatic carbocycles. The van der Waals surface area contributed by atoms with Crippen molar-refractivity contribution in [2.24, 2.45) is 5.92 Å². The molecule has 1 spiro atoms. The molecule has 0 radical (unpaired) electrons. The molecule has 4 heterocycles. The second-order valence-electron chi connectivity index (χ2n) is 14.3. The lowest BCUT2D eigenvalue weighted by atomic mass is 9.82. The SMILES string of the molecule is C[C@H]1[C@H]([Si](C)(C)O)[C@@H](CCn2cc(C(CO)c3ccccc3)nn2)O[C@]12C(=O)N(Cc1ccccc1)c1ccc(N3CCCCC3=O)cc12. The minimum absolute atomic E-state index is 0.0904. The maximum absolute atomic E-state index is 14.9. The van der Waals surface area contributed by atoms with Gasteiger partial charge in [0.1, 0.15) is 0 Å². The van der Waals surface area contributed by atoms with Crippen LogP contribution in [-0.2, 0) is 33.0 Å². The Morgan fingerprint density at radius 2 is 1.76 bits per heavy atom. The van der Waals surface area contributed by atoms with E-state index in [1.165, 1.54) is 0 Å². The van der Waals surface area contributed by atoms with E-state index in [2.05, 4.69) is 10.3 Å². The number of aryl methyl sites for hydroxylation is 1. The lowest BCUT2D eigenvalue weighted by Crippen LogP contribution is -2.46. The third kappa shape index (κ3) is 6.03. The molecule has 1 aromatic heterocycles. The molecule has 10 nitrogen and oxygen atoms in total. The number of piperidine rings is 1. The van der Waals surface area contributed by atoms with E-state index in [1.54, 1.807) is 4.68 Å². The molecule has 256 valence electrons. The van der Waals surface area contributed by atoms with Gasteiger partial charge in [-0.2, -0.15) is 0 Å². The van der Waals surface area contributed by atoms with Crippen molar-refractivity contribution in [2.75, 3.05) is 23.0 Å². The fourth-order valence-electron chi connectivity index (χ4n) is 8.40. The summed E-state index contributed by atoms with van der Waals surface area (Å²) in [4.78, 5) is 43.3. The van der Waals surface area contributed by atoms with Gasteiger partial charge >= 0.3 is 0 Å². The van der Waals surface area contributed by atoms with E-state index in [-0.39, 0.29) is 35.8 Å². The van der Waals surface area contributed by atoms with Crippen LogP contribution >= 0.6 is 0 Å². The highest BCUT2D eigenvalue weighted by Gasteiger charge is 2.66. The Hall–Kier alpha value is -4.16. The number of amides is 2. The average Bonchev–Trinajstić information content (AvgIpc) is 3.75. The Bertz CT molecular complexity index is 1810. The molecule has 0 aliphatic carbocycles. The first-order chi connectivity index (χ1) is 23.6. The van der Waals surface area contributed by atoms with Gasteiger partial charge in [-0.05, 0) is 61.7 Å². The van der Waals surface area contributed by atoms with E-state index in [0.29, 0.717) is 38.2 Å². The monoisotopic (exact) mass is 679 g/mol. The summed E-state index contributed by atoms with van der Waals surface area (Å²) in [5.74, 6) is -0.662. The second-order valence-corrected chi connectivity index (χ2v) is 18.3. The largest absolute Gasteiger partial charge is 0.432 e. The summed E-state index contributed by atoms with van der Waals surface area (Å²) in [6.45, 7) is 7.30. The third-order valence-electron chi connectivity index (χ3n) is 10.7. The van der Waals surface area contributed by atoms with Gasteiger partial charge in [-0.3, -0.25) is 14.3 Å². The molecule has 0 bridgehead atoms. The fourth-order valence-corrected chi connectivity index (χ4v) is 11.0. The summed E-state index contributed by atoms with van der Waals surface area (Å²) in [5.41, 5.74) is 3.40. The molecule has 2 fully saturated rings. The van der Waals surface area contributed by atoms with Crippen LogP contribution in [0.15, 0.2) is 85.1 Å². The molecule has 7 rings (SSSR count). The van der Waals surface area contributed by atoms with Gasteiger partial charge in [0.05, 0.1) is 36.6 Å². The first-order valence-electron chi connectivity index (χ1n) is 17.4. The number of fused-ring (bicyclic) bond motifs is 2. The van der Waals surface area contributed by atoms with E-state index < -0.39 is 20.0 Å². The number of hydrogen-bond acceptors (Lipinski definition) is 7. The Morgan fingerprint density at radius 3 is 2.45 bits per heavy atom. The van der Waals surface area contributed by atoms with Gasteiger partial charge in [-0.1, -0.05) is 72.8 Å². The molecule has 5 atom stereocenters. The lowest BCUT2D eigenvalue weighted by molar-refractivity contribution is -0.146. The summed E-state index contributed by atoms with van der Waals surface area (Å²) >= 11 is 0. The van der Waals surface area contributed by atoms with Crippen LogP contribution in [0.2, 0.25) is 18.6 Å². The van der Waals surface area contributed by atoms with Gasteiger partial charge in [0.25, 0.3) is 5.91 Å². The number of carbonyl (C=O) groups excluding carboxylic acids is 2. The number of aliphatic hydroxyl groups excluding tert-OH is 1. The first kappa shape index (κ1) is 33.3. The summed E-state index contributed by atoms with van der Waals surface area (Å²) in [5, 5.41) is 19.0. The number of aromatic nitrogens is 3. The zero-order valence-electron chi connectivity index (χ0n) is 28.4. The van der Waals surface area contributed by atoms with E-state index in [1.807, 2.05) is 115 Å². The van der Waals surface area contributed by atoms with Crippen molar-refractivity contribution in [1.29, 1.82) is 0 Å². The van der Waals surface area contributed by atoms with Crippen LogP contribution in [0.3, 0.4) is 0 Å². The molecule has 1 unspecified atom stereocenters. The smallest absolute Gasteiger partial charge is 0.264 e. The quantitative estimate of drug-likeness (QED) is 0.217. The predicted molar refractivity (Wildman–Crippen MR) is 189 cm³/mol. The normalized spacial score (nSPS) is 24.6. The molecule has 49 heavy (non-hydrogen) atoms. The van der Waals surface area contributed by atoms with Crippen molar-refractivity contribution in [3.63, 3.8) is 0 Å². The van der Waals surface area contributed by atoms with E-state index >= 15 is 0 Å². The number of ether oxygens (including phenoxy) is 1. The predicted octanol–water partition coefficient (Wildman–Crippen LogP) is 5.35. The molecule has 3 aliphatic rings. The van der Waals surface area contributed by atoms with Gasteiger partial charge in [0.2, 0.25) is 5.91 Å². The van der Waals surface area contributed by atoms with Crippen molar-refractivity contribution < 1.29 is 24.2 Å². The van der Waals surface area contributed by atoms with E-state index in [9.17, 15) is 19.5 Å². The Kier molecular flexibility index (Phi) is 9.03. The van der Waals surface area contributed by atoms with Crippen LogP contribution < -0.4 is 9.80 Å². The zero-order chi connectivity index (χ0) is 34.3. The van der Waals surface area contributed by atoms with Gasteiger partial charge in [-0.25, -0.2) is 0 Å². The molecule has 0 saturated carbocycles. The van der Waals surface area contributed by atoms with Gasteiger partial charge in [0.15, 0.2) is 13.9 Å². The highest BCUT2D eigenvalue weighted by Crippen LogP contribution is 2.60. The number of nitrogens with zero attached hydrogens (tertiary/aromatic N) is 5. The van der Waals surface area contributed by atoms with Gasteiger partial charge in [0, 0.05) is 48.4 Å². The molecule has 2 N–H and O–H groups in total. The number of benzene rings is 3. The maximum atomic E-state index is 14.9. The minimum atomic E-state index is -2.89. The summed E-state index contributed by atoms with van der Waals surface area (Å²) in [6, 6.07) is 25.6. The molecule has 3 aliphatic heterocycles. The standard InChI is InChI=1S/C38H45N5O5Si/c1-26-36(49(2,3)47)34(19-21-41-24-32(39-40-41)30(25-44)28-14-8-5-9-15-28)48-38(26)31-22-29(42-20-11-10-16-35(42)45)17-18-33(31)43(37(38)46)23-27-12-6-4-7-13-27/h4-9,12-15,17-18,22,24,26,30,34,36,44,47H,10-11,16,19-21,23,25H2,1-3H3/t26-,30?,34+,36-,38+/m0/s1. The fraction of sp³-hybridized carbons (Fsp3) is 0.421. The summed E-state index contributed by atoms with van der Waals surface area (Å²) < 4.78 is 8.84. The summed E-state index contributed by atoms with van der Waals surface area (Å²) in [7, 11) is -2.89. The van der Waals surface area contributed by atoms with Crippen molar-refractivity contribution in [2.45, 2.75) is 82.0 Å². The zero-order valence-corrected chi connectivity index (χ0v) is 29.4. The molecular weight excluding hydrogens is 635 g/mol. The number of rotatable bonds is 10. The first-order valence-corrected chi connectivity index (χ1v) is 20.4. The van der Waals surface area contributed by atoms with E-state index in [0.717, 1.165) is 40.9 Å². The van der Waals surface area contributed by atoms with Crippen LogP contribution in [0, 0.1) is 5.92 Å². The molecule has 11 heteroatoms. The van der Waals surface area contributed by atoms with Crippen LogP contribution in [0.25, 0.3) is 0 Å². The third-order valence-corrected chi connectivity index (χ3v) is 13.2. The Labute approximate surface area is 288 Å². The van der Waals surface area contributed by atoms with Crippen LogP contribution in [-0.4, -0.2) is 64.3 Å². The number of carbonyl (C=O) groups is 2. The van der Waals surface area contributed by atoms with Crippen LogP contribution in [0.5, 0.6) is 0 Å². The number of hydrogen-bond donors (Lipinski definition) is 2. The molecule has 2 saturated heterocycles.